The Hall–Kier alpha value is -2.90. The topological polar surface area (TPSA) is 94.9 Å². The van der Waals surface area contributed by atoms with Gasteiger partial charge in [-0.1, -0.05) is 5.18 Å². The number of hydrogen-bond acceptors (Lipinski definition) is 8. The van der Waals surface area contributed by atoms with Crippen LogP contribution >= 0.6 is 0 Å². The lowest BCUT2D eigenvalue weighted by molar-refractivity contribution is 0.324. The van der Waals surface area contributed by atoms with E-state index in [1.54, 1.807) is 45.9 Å². The minimum absolute atomic E-state index is 0.163. The van der Waals surface area contributed by atoms with Gasteiger partial charge in [0.1, 0.15) is 5.82 Å². The number of nitrogens with zero attached hydrogens (tertiary/aromatic N) is 3. The molecule has 0 saturated carbocycles. The SMILES string of the molecule is COc1cc(-c2cncc(NCCN=O)n2)cc(OC)c1OC. The Bertz CT molecular complexity index is 653. The molecule has 0 fully saturated rings. The van der Waals surface area contributed by atoms with Gasteiger partial charge in [0.05, 0.1) is 46.0 Å². The fourth-order valence-corrected chi connectivity index (χ4v) is 2.05. The molecule has 0 aliphatic carbocycles. The maximum atomic E-state index is 10.1. The van der Waals surface area contributed by atoms with E-state index in [-0.39, 0.29) is 6.54 Å². The van der Waals surface area contributed by atoms with Crippen LogP contribution in [0.3, 0.4) is 0 Å². The third kappa shape index (κ3) is 3.85. The van der Waals surface area contributed by atoms with Gasteiger partial charge in [0, 0.05) is 12.1 Å². The lowest BCUT2D eigenvalue weighted by atomic mass is 10.1. The van der Waals surface area contributed by atoms with Crippen LogP contribution in [0.25, 0.3) is 11.3 Å². The molecule has 0 amide bonds. The van der Waals surface area contributed by atoms with Crippen molar-refractivity contribution in [3.63, 3.8) is 0 Å². The Morgan fingerprint density at radius 2 is 1.78 bits per heavy atom. The Morgan fingerprint density at radius 1 is 1.09 bits per heavy atom. The number of ether oxygens (including phenoxy) is 3. The van der Waals surface area contributed by atoms with E-state index in [4.69, 9.17) is 14.2 Å². The van der Waals surface area contributed by atoms with E-state index in [9.17, 15) is 4.91 Å². The van der Waals surface area contributed by atoms with E-state index in [1.165, 1.54) is 0 Å². The summed E-state index contributed by atoms with van der Waals surface area (Å²) in [5, 5.41) is 5.77. The number of anilines is 1. The van der Waals surface area contributed by atoms with Crippen molar-refractivity contribution < 1.29 is 14.2 Å². The van der Waals surface area contributed by atoms with E-state index in [0.29, 0.717) is 35.3 Å². The predicted octanol–water partition coefficient (Wildman–Crippen LogP) is 2.35. The zero-order chi connectivity index (χ0) is 16.7. The van der Waals surface area contributed by atoms with Crippen LogP contribution in [0.2, 0.25) is 0 Å². The first-order chi connectivity index (χ1) is 11.2. The molecule has 1 aromatic heterocycles. The van der Waals surface area contributed by atoms with Gasteiger partial charge in [-0.3, -0.25) is 4.98 Å². The van der Waals surface area contributed by atoms with E-state index in [0.717, 1.165) is 5.56 Å². The molecule has 0 unspecified atom stereocenters. The van der Waals surface area contributed by atoms with Crippen LogP contribution in [0.15, 0.2) is 29.7 Å². The molecule has 1 heterocycles. The third-order valence-corrected chi connectivity index (χ3v) is 3.10. The van der Waals surface area contributed by atoms with Gasteiger partial charge in [-0.05, 0) is 12.1 Å². The maximum absolute atomic E-state index is 10.1. The molecule has 0 radical (unpaired) electrons. The van der Waals surface area contributed by atoms with Gasteiger partial charge in [-0.25, -0.2) is 4.98 Å². The molecular formula is C15H18N4O4. The minimum atomic E-state index is 0.163. The van der Waals surface area contributed by atoms with Gasteiger partial charge < -0.3 is 19.5 Å². The monoisotopic (exact) mass is 318 g/mol. The lowest BCUT2D eigenvalue weighted by Gasteiger charge is -2.14. The van der Waals surface area contributed by atoms with Crippen LogP contribution in [0.4, 0.5) is 5.82 Å². The zero-order valence-electron chi connectivity index (χ0n) is 13.2. The summed E-state index contributed by atoms with van der Waals surface area (Å²) in [4.78, 5) is 18.7. The van der Waals surface area contributed by atoms with Crippen LogP contribution in [0, 0.1) is 4.91 Å². The van der Waals surface area contributed by atoms with Gasteiger partial charge in [0.2, 0.25) is 5.75 Å². The number of nitroso groups, excluding NO2 is 1. The van der Waals surface area contributed by atoms with Crippen molar-refractivity contribution in [2.24, 2.45) is 5.18 Å². The van der Waals surface area contributed by atoms with Crippen LogP contribution in [-0.4, -0.2) is 44.4 Å². The number of benzene rings is 1. The summed E-state index contributed by atoms with van der Waals surface area (Å²) in [5.74, 6) is 2.14. The molecule has 0 saturated heterocycles. The first-order valence-corrected chi connectivity index (χ1v) is 6.89. The number of hydrogen-bond donors (Lipinski definition) is 1. The number of methoxy groups -OCH3 is 3. The second-order valence-electron chi connectivity index (χ2n) is 4.48. The average molecular weight is 318 g/mol. The molecule has 8 heteroatoms. The predicted molar refractivity (Wildman–Crippen MR) is 86.3 cm³/mol. The van der Waals surface area contributed by atoms with Gasteiger partial charge in [0.15, 0.2) is 11.5 Å². The van der Waals surface area contributed by atoms with E-state index >= 15 is 0 Å². The summed E-state index contributed by atoms with van der Waals surface area (Å²) in [6, 6.07) is 3.59. The van der Waals surface area contributed by atoms with Crippen molar-refractivity contribution in [2.75, 3.05) is 39.7 Å². The lowest BCUT2D eigenvalue weighted by Crippen LogP contribution is -2.06. The highest BCUT2D eigenvalue weighted by Gasteiger charge is 2.15. The smallest absolute Gasteiger partial charge is 0.203 e. The molecular weight excluding hydrogens is 300 g/mol. The second-order valence-corrected chi connectivity index (χ2v) is 4.48. The number of rotatable bonds is 8. The van der Waals surface area contributed by atoms with E-state index in [2.05, 4.69) is 20.5 Å². The first kappa shape index (κ1) is 16.5. The van der Waals surface area contributed by atoms with Crippen LogP contribution in [-0.2, 0) is 0 Å². The molecule has 122 valence electrons. The Balaban J connectivity index is 2.37. The van der Waals surface area contributed by atoms with Gasteiger partial charge in [-0.2, -0.15) is 4.91 Å². The molecule has 0 spiro atoms. The Kier molecular flexibility index (Phi) is 5.67. The molecule has 2 aromatic rings. The van der Waals surface area contributed by atoms with Crippen molar-refractivity contribution in [2.45, 2.75) is 0 Å². The van der Waals surface area contributed by atoms with Crippen molar-refractivity contribution in [3.05, 3.63) is 29.4 Å². The number of aromatic nitrogens is 2. The Morgan fingerprint density at radius 3 is 2.35 bits per heavy atom. The van der Waals surface area contributed by atoms with Crippen LogP contribution < -0.4 is 19.5 Å². The normalized spacial score (nSPS) is 10.0. The molecule has 1 N–H and O–H groups in total. The summed E-state index contributed by atoms with van der Waals surface area (Å²) in [5.41, 5.74) is 1.40. The van der Waals surface area contributed by atoms with E-state index < -0.39 is 0 Å². The summed E-state index contributed by atoms with van der Waals surface area (Å²) in [6.45, 7) is 0.562. The highest BCUT2D eigenvalue weighted by molar-refractivity contribution is 5.69. The van der Waals surface area contributed by atoms with Crippen molar-refractivity contribution in [1.82, 2.24) is 9.97 Å². The standard InChI is InChI=1S/C15H18N4O4/c1-21-12-6-10(7-13(22-2)15(12)23-3)11-8-16-9-14(19-11)17-4-5-18-20/h6-9H,4-5H2,1-3H3,(H,17,19). The maximum Gasteiger partial charge on any atom is 0.203 e. The second kappa shape index (κ2) is 7.92. The summed E-state index contributed by atoms with van der Waals surface area (Å²) in [6.07, 6.45) is 3.20. The van der Waals surface area contributed by atoms with Crippen molar-refractivity contribution in [1.29, 1.82) is 0 Å². The highest BCUT2D eigenvalue weighted by atomic mass is 16.5. The minimum Gasteiger partial charge on any atom is -0.493 e. The van der Waals surface area contributed by atoms with Crippen LogP contribution in [0.5, 0.6) is 17.2 Å². The molecule has 0 aliphatic heterocycles. The molecule has 0 atom stereocenters. The fourth-order valence-electron chi connectivity index (χ4n) is 2.05. The summed E-state index contributed by atoms with van der Waals surface area (Å²) < 4.78 is 16.0. The summed E-state index contributed by atoms with van der Waals surface area (Å²) >= 11 is 0. The number of nitrogens with one attached hydrogen (secondary N) is 1. The molecule has 23 heavy (non-hydrogen) atoms. The van der Waals surface area contributed by atoms with Crippen molar-refractivity contribution >= 4 is 5.82 Å². The summed E-state index contributed by atoms with van der Waals surface area (Å²) in [7, 11) is 4.65. The van der Waals surface area contributed by atoms with Gasteiger partial charge >= 0.3 is 0 Å². The van der Waals surface area contributed by atoms with Gasteiger partial charge in [0.25, 0.3) is 0 Å². The van der Waals surface area contributed by atoms with E-state index in [1.807, 2.05) is 0 Å². The molecule has 2 rings (SSSR count). The first-order valence-electron chi connectivity index (χ1n) is 6.89. The largest absolute Gasteiger partial charge is 0.493 e. The van der Waals surface area contributed by atoms with Crippen LogP contribution in [0.1, 0.15) is 0 Å². The molecule has 0 bridgehead atoms. The molecule has 1 aromatic carbocycles. The third-order valence-electron chi connectivity index (χ3n) is 3.10. The average Bonchev–Trinajstić information content (AvgIpc) is 2.60. The Labute approximate surface area is 133 Å². The van der Waals surface area contributed by atoms with Gasteiger partial charge in [-0.15, -0.1) is 0 Å². The zero-order valence-corrected chi connectivity index (χ0v) is 13.2. The fraction of sp³-hybridized carbons (Fsp3) is 0.333. The molecule has 8 nitrogen and oxygen atoms in total. The molecule has 0 aliphatic rings. The highest BCUT2D eigenvalue weighted by Crippen LogP contribution is 2.40. The van der Waals surface area contributed by atoms with Crippen molar-refractivity contribution in [3.8, 4) is 28.5 Å². The quantitative estimate of drug-likeness (QED) is 0.589.